The van der Waals surface area contributed by atoms with E-state index in [-0.39, 0.29) is 22.8 Å². The maximum Gasteiger partial charge on any atom is 0.282 e. The number of pyridine rings is 1. The van der Waals surface area contributed by atoms with E-state index in [1.807, 2.05) is 6.07 Å². The van der Waals surface area contributed by atoms with Gasteiger partial charge in [0.25, 0.3) is 6.02 Å². The van der Waals surface area contributed by atoms with Crippen LogP contribution in [-0.4, -0.2) is 67.0 Å². The Balaban J connectivity index is 1.64. The van der Waals surface area contributed by atoms with Gasteiger partial charge < -0.3 is 15.2 Å². The number of aliphatic imine (C=N–C) groups is 1. The predicted molar refractivity (Wildman–Crippen MR) is 151 cm³/mol. The molecule has 178 valence electrons. The summed E-state index contributed by atoms with van der Waals surface area (Å²) in [5.74, 6) is -0.203. The molecule has 0 unspecified atom stereocenters. The van der Waals surface area contributed by atoms with E-state index in [4.69, 9.17) is 31.8 Å². The Morgan fingerprint density at radius 1 is 1.26 bits per heavy atom. The van der Waals surface area contributed by atoms with Crippen molar-refractivity contribution in [2.45, 2.75) is 54.9 Å². The van der Waals surface area contributed by atoms with E-state index in [9.17, 15) is 4.39 Å². The van der Waals surface area contributed by atoms with Crippen molar-refractivity contribution >= 4 is 56.9 Å². The fourth-order valence-electron chi connectivity index (χ4n) is 7.11. The Labute approximate surface area is 216 Å². The fraction of sp³-hybridized carbons (Fsp3) is 0.478. The molecule has 1 saturated carbocycles. The standard InChI is InChI=1S/C23H30B5ClFN3O2/c1-11-8-20(5-4-17(11)34-23(26,27)28)9-13-3-2-12(15-7-14(29)10-32-18(15)30)6-16(13)21(20)22(24,25)35-19(31)33-21/h2-3,6-7,10-11,17H,4-5,8-9,24-28H2,1H3,(H2,31,33)/t11-,17-,20-,21+/m1/s1. The molecule has 5 rings (SSSR count). The van der Waals surface area contributed by atoms with E-state index in [1.54, 1.807) is 6.07 Å². The minimum Gasteiger partial charge on any atom is -0.475 e. The summed E-state index contributed by atoms with van der Waals surface area (Å²) in [5, 5.41) is -0.461. The zero-order chi connectivity index (χ0) is 25.4. The van der Waals surface area contributed by atoms with Crippen LogP contribution < -0.4 is 5.73 Å². The van der Waals surface area contributed by atoms with Crippen molar-refractivity contribution in [1.29, 1.82) is 0 Å². The van der Waals surface area contributed by atoms with Gasteiger partial charge in [0.05, 0.1) is 16.5 Å². The van der Waals surface area contributed by atoms with Crippen molar-refractivity contribution in [2.24, 2.45) is 22.1 Å². The lowest BCUT2D eigenvalue weighted by molar-refractivity contribution is -0.0743. The molecule has 0 saturated heterocycles. The van der Waals surface area contributed by atoms with Crippen LogP contribution in [-0.2, 0) is 21.4 Å². The SMILES string of the molecule is BC(B)(B)O[C@@H]1CC[C@]2(Cc3ccc(-c4cc(Cl)cnc4F)cc3[C@]23N=C(N)OC3(B)B)C[C@H]1C. The van der Waals surface area contributed by atoms with Crippen molar-refractivity contribution in [3.63, 3.8) is 0 Å². The molecule has 2 spiro atoms. The number of nitrogens with two attached hydrogens (primary N) is 1. The number of aromatic nitrogens is 1. The van der Waals surface area contributed by atoms with Crippen LogP contribution in [0.5, 0.6) is 0 Å². The van der Waals surface area contributed by atoms with Crippen molar-refractivity contribution in [3.8, 4) is 11.1 Å². The summed E-state index contributed by atoms with van der Waals surface area (Å²) in [5.41, 5.74) is 8.77. The molecule has 1 fully saturated rings. The molecule has 4 atom stereocenters. The van der Waals surface area contributed by atoms with Crippen molar-refractivity contribution in [2.75, 3.05) is 0 Å². The van der Waals surface area contributed by atoms with Gasteiger partial charge in [0.15, 0.2) is 15.7 Å². The van der Waals surface area contributed by atoms with Crippen LogP contribution >= 0.6 is 11.6 Å². The molecule has 1 aromatic heterocycles. The van der Waals surface area contributed by atoms with Crippen LogP contribution in [0.4, 0.5) is 4.39 Å². The molecule has 2 aromatic rings. The molecule has 0 bridgehead atoms. The largest absolute Gasteiger partial charge is 0.475 e. The maximum absolute atomic E-state index is 14.7. The van der Waals surface area contributed by atoms with E-state index in [0.29, 0.717) is 16.5 Å². The molecule has 3 aliphatic rings. The molecule has 2 aliphatic carbocycles. The van der Waals surface area contributed by atoms with Crippen LogP contribution in [0.2, 0.25) is 5.02 Å². The third-order valence-corrected chi connectivity index (χ3v) is 8.39. The molecular formula is C23H30B5ClFN3O2. The summed E-state index contributed by atoms with van der Waals surface area (Å²) in [6.07, 6.45) is 5.21. The molecular weight excluding hydrogens is 459 g/mol. The lowest BCUT2D eigenvalue weighted by atomic mass is 9.44. The van der Waals surface area contributed by atoms with Crippen LogP contribution in [0.15, 0.2) is 35.5 Å². The number of ether oxygens (including phenoxy) is 2. The molecule has 5 nitrogen and oxygen atoms in total. The van der Waals surface area contributed by atoms with Gasteiger partial charge in [0, 0.05) is 17.2 Å². The van der Waals surface area contributed by atoms with Crippen LogP contribution in [0, 0.1) is 17.3 Å². The number of fused-ring (bicyclic) bond motifs is 3. The van der Waals surface area contributed by atoms with E-state index < -0.39 is 16.9 Å². The first-order valence-electron chi connectivity index (χ1n) is 12.4. The molecule has 12 heteroatoms. The fourth-order valence-corrected chi connectivity index (χ4v) is 7.27. The number of hydrogen-bond donors (Lipinski definition) is 1. The zero-order valence-corrected chi connectivity index (χ0v) is 22.2. The summed E-state index contributed by atoms with van der Waals surface area (Å²) in [7, 11) is 10.5. The van der Waals surface area contributed by atoms with Gasteiger partial charge in [-0.3, -0.25) is 0 Å². The second kappa shape index (κ2) is 8.07. The highest BCUT2D eigenvalue weighted by molar-refractivity contribution is 6.58. The number of hydrogen-bond acceptors (Lipinski definition) is 5. The first-order chi connectivity index (χ1) is 16.3. The Hall–Kier alpha value is -1.86. The van der Waals surface area contributed by atoms with E-state index in [1.165, 1.54) is 11.8 Å². The number of amidine groups is 1. The Morgan fingerprint density at radius 3 is 2.63 bits per heavy atom. The maximum atomic E-state index is 14.7. The quantitative estimate of drug-likeness (QED) is 0.456. The van der Waals surface area contributed by atoms with Crippen LogP contribution in [0.3, 0.4) is 0 Å². The topological polar surface area (TPSA) is 69.7 Å². The Morgan fingerprint density at radius 2 is 2.00 bits per heavy atom. The summed E-state index contributed by atoms with van der Waals surface area (Å²) >= 11 is 6.16. The molecule has 1 aromatic carbocycles. The third-order valence-electron chi connectivity index (χ3n) is 8.18. The third kappa shape index (κ3) is 3.85. The van der Waals surface area contributed by atoms with Gasteiger partial charge in [0.2, 0.25) is 5.95 Å². The van der Waals surface area contributed by atoms with Gasteiger partial charge in [-0.15, -0.1) is 0 Å². The van der Waals surface area contributed by atoms with Crippen LogP contribution in [0.1, 0.15) is 37.3 Å². The first kappa shape index (κ1) is 24.8. The van der Waals surface area contributed by atoms with E-state index >= 15 is 0 Å². The Bertz CT molecular complexity index is 1230. The lowest BCUT2D eigenvalue weighted by Gasteiger charge is -2.53. The normalized spacial score (nSPS) is 31.3. The minimum absolute atomic E-state index is 0.180. The average Bonchev–Trinajstić information content (AvgIpc) is 3.15. The predicted octanol–water partition coefficient (Wildman–Crippen LogP) is -0.740. The molecule has 0 amide bonds. The minimum atomic E-state index is -0.682. The second-order valence-corrected chi connectivity index (χ2v) is 12.5. The van der Waals surface area contributed by atoms with E-state index in [2.05, 4.69) is 63.3 Å². The smallest absolute Gasteiger partial charge is 0.282 e. The summed E-state index contributed by atoms with van der Waals surface area (Å²) in [6.45, 7) is 2.28. The van der Waals surface area contributed by atoms with Gasteiger partial charge in [-0.2, -0.15) is 4.39 Å². The van der Waals surface area contributed by atoms with E-state index in [0.717, 1.165) is 36.8 Å². The highest BCUT2D eigenvalue weighted by atomic mass is 35.5. The van der Waals surface area contributed by atoms with Crippen LogP contribution in [0.25, 0.3) is 11.1 Å². The Kier molecular flexibility index (Phi) is 5.73. The summed E-state index contributed by atoms with van der Waals surface area (Å²) in [6, 6.07) is 7.94. The molecule has 35 heavy (non-hydrogen) atoms. The first-order valence-corrected chi connectivity index (χ1v) is 12.8. The zero-order valence-electron chi connectivity index (χ0n) is 21.4. The molecule has 2 heterocycles. The highest BCUT2D eigenvalue weighted by Crippen LogP contribution is 2.66. The number of halogens is 2. The molecule has 1 aliphatic heterocycles. The van der Waals surface area contributed by atoms with Crippen molar-refractivity contribution in [3.05, 3.63) is 52.6 Å². The van der Waals surface area contributed by atoms with Gasteiger partial charge in [-0.25, -0.2) is 9.98 Å². The molecule has 2 N–H and O–H groups in total. The van der Waals surface area contributed by atoms with Gasteiger partial charge in [-0.05, 0) is 65.7 Å². The van der Waals surface area contributed by atoms with Gasteiger partial charge in [0.1, 0.15) is 29.1 Å². The van der Waals surface area contributed by atoms with Gasteiger partial charge >= 0.3 is 0 Å². The monoisotopic (exact) mass is 489 g/mol. The number of nitrogens with zero attached hydrogens (tertiary/aromatic N) is 2. The summed E-state index contributed by atoms with van der Waals surface area (Å²) < 4.78 is 27.3. The number of rotatable bonds is 3. The average molecular weight is 489 g/mol. The molecule has 0 radical (unpaired) electrons. The lowest BCUT2D eigenvalue weighted by Crippen LogP contribution is -2.60. The van der Waals surface area contributed by atoms with Crippen molar-refractivity contribution in [1.82, 2.24) is 4.98 Å². The highest BCUT2D eigenvalue weighted by Gasteiger charge is 2.69. The van der Waals surface area contributed by atoms with Crippen molar-refractivity contribution < 1.29 is 13.9 Å². The second-order valence-electron chi connectivity index (χ2n) is 12.1. The number of benzene rings is 1. The summed E-state index contributed by atoms with van der Waals surface area (Å²) in [4.78, 5) is 8.92. The van der Waals surface area contributed by atoms with Gasteiger partial charge in [-0.1, -0.05) is 30.7 Å².